The van der Waals surface area contributed by atoms with Gasteiger partial charge in [-0.05, 0) is 23.3 Å². The highest BCUT2D eigenvalue weighted by Gasteiger charge is 2.17. The molecule has 0 aliphatic heterocycles. The largest absolute Gasteiger partial charge is 0.494 e. The maximum absolute atomic E-state index is 13.3. The van der Waals surface area contributed by atoms with E-state index in [4.69, 9.17) is 9.47 Å². The summed E-state index contributed by atoms with van der Waals surface area (Å²) in [7, 11) is 1.42. The molecule has 27 heavy (non-hydrogen) atoms. The molecule has 0 heterocycles. The Morgan fingerprint density at radius 1 is 0.963 bits per heavy atom. The average molecular weight is 365 g/mol. The lowest BCUT2D eigenvalue weighted by Gasteiger charge is -2.19. The third kappa shape index (κ3) is 4.92. The normalized spacial score (nSPS) is 10.6. The van der Waals surface area contributed by atoms with Gasteiger partial charge < -0.3 is 14.8 Å². The maximum Gasteiger partial charge on any atom is 0.250 e. The molecule has 0 aliphatic rings. The van der Waals surface area contributed by atoms with Crippen LogP contribution in [-0.2, 0) is 9.53 Å². The highest BCUT2D eigenvalue weighted by molar-refractivity contribution is 5.93. The summed E-state index contributed by atoms with van der Waals surface area (Å²) in [4.78, 5) is 12.3. The molecule has 3 rings (SSSR count). The molecule has 0 aliphatic carbocycles. The van der Waals surface area contributed by atoms with Crippen LogP contribution in [0.15, 0.2) is 78.9 Å². The number of nitrogens with one attached hydrogen (secondary N) is 1. The zero-order chi connectivity index (χ0) is 19.1. The van der Waals surface area contributed by atoms with E-state index in [2.05, 4.69) is 5.32 Å². The minimum atomic E-state index is -0.436. The Labute approximate surface area is 157 Å². The Kier molecular flexibility index (Phi) is 6.18. The van der Waals surface area contributed by atoms with Gasteiger partial charge in [0, 0.05) is 6.07 Å². The third-order valence-electron chi connectivity index (χ3n) is 4.02. The summed E-state index contributed by atoms with van der Waals surface area (Å²) >= 11 is 0. The van der Waals surface area contributed by atoms with Crippen molar-refractivity contribution in [1.29, 1.82) is 0 Å². The molecule has 0 saturated carbocycles. The number of anilines is 1. The predicted molar refractivity (Wildman–Crippen MR) is 102 cm³/mol. The summed E-state index contributed by atoms with van der Waals surface area (Å²) in [5.41, 5.74) is 2.30. The van der Waals surface area contributed by atoms with E-state index in [1.165, 1.54) is 25.3 Å². The van der Waals surface area contributed by atoms with E-state index in [-0.39, 0.29) is 24.4 Å². The van der Waals surface area contributed by atoms with Crippen LogP contribution in [0.3, 0.4) is 0 Å². The molecular formula is C22H20FNO3. The molecule has 3 aromatic rings. The van der Waals surface area contributed by atoms with Crippen LogP contribution in [0.4, 0.5) is 10.1 Å². The smallest absolute Gasteiger partial charge is 0.250 e. The van der Waals surface area contributed by atoms with Crippen molar-refractivity contribution >= 4 is 11.6 Å². The minimum Gasteiger partial charge on any atom is -0.494 e. The Morgan fingerprint density at radius 3 is 2.11 bits per heavy atom. The molecule has 0 fully saturated rings. The minimum absolute atomic E-state index is 0.158. The van der Waals surface area contributed by atoms with Crippen LogP contribution in [0.2, 0.25) is 0 Å². The van der Waals surface area contributed by atoms with Crippen molar-refractivity contribution in [3.63, 3.8) is 0 Å². The second-order valence-electron chi connectivity index (χ2n) is 5.91. The molecule has 0 radical (unpaired) electrons. The van der Waals surface area contributed by atoms with Gasteiger partial charge in [-0.3, -0.25) is 4.79 Å². The Bertz CT molecular complexity index is 845. The fraction of sp³-hybridized carbons (Fsp3) is 0.136. The molecule has 5 heteroatoms. The first kappa shape index (κ1) is 18.6. The van der Waals surface area contributed by atoms with Crippen LogP contribution < -0.4 is 10.1 Å². The number of hydrogen-bond acceptors (Lipinski definition) is 3. The van der Waals surface area contributed by atoms with Gasteiger partial charge in [0.1, 0.15) is 24.3 Å². The van der Waals surface area contributed by atoms with Gasteiger partial charge in [0.2, 0.25) is 0 Å². The lowest BCUT2D eigenvalue weighted by atomic mass is 10.0. The number of halogens is 1. The number of carbonyl (C=O) groups excluding carboxylic acids is 1. The van der Waals surface area contributed by atoms with Crippen molar-refractivity contribution in [2.24, 2.45) is 0 Å². The number of carbonyl (C=O) groups is 1. The molecule has 0 bridgehead atoms. The van der Waals surface area contributed by atoms with Crippen LogP contribution in [0.25, 0.3) is 0 Å². The van der Waals surface area contributed by atoms with E-state index < -0.39 is 5.82 Å². The van der Waals surface area contributed by atoms with Gasteiger partial charge in [0.25, 0.3) is 5.91 Å². The van der Waals surface area contributed by atoms with Crippen molar-refractivity contribution in [2.75, 3.05) is 19.0 Å². The molecule has 0 atom stereocenters. The zero-order valence-electron chi connectivity index (χ0n) is 14.9. The van der Waals surface area contributed by atoms with Gasteiger partial charge in [-0.25, -0.2) is 4.39 Å². The molecule has 1 amide bonds. The highest BCUT2D eigenvalue weighted by Crippen LogP contribution is 2.27. The Balaban J connectivity index is 1.71. The summed E-state index contributed by atoms with van der Waals surface area (Å²) in [6.07, 6.45) is -0.367. The molecular weight excluding hydrogens is 345 g/mol. The first-order chi connectivity index (χ1) is 13.2. The van der Waals surface area contributed by atoms with E-state index in [1.54, 1.807) is 0 Å². The predicted octanol–water partition coefficient (Wildman–Crippen LogP) is 4.58. The third-order valence-corrected chi connectivity index (χ3v) is 4.02. The van der Waals surface area contributed by atoms with Gasteiger partial charge in [0.15, 0.2) is 0 Å². The van der Waals surface area contributed by atoms with Gasteiger partial charge >= 0.3 is 0 Å². The van der Waals surface area contributed by atoms with Crippen molar-refractivity contribution in [1.82, 2.24) is 0 Å². The van der Waals surface area contributed by atoms with Crippen LogP contribution in [0, 0.1) is 5.82 Å². The second-order valence-corrected chi connectivity index (χ2v) is 5.91. The van der Waals surface area contributed by atoms with E-state index in [1.807, 2.05) is 60.7 Å². The number of rotatable bonds is 7. The van der Waals surface area contributed by atoms with Crippen molar-refractivity contribution in [2.45, 2.75) is 6.10 Å². The van der Waals surface area contributed by atoms with Crippen LogP contribution in [0.5, 0.6) is 5.75 Å². The number of methoxy groups -OCH3 is 1. The van der Waals surface area contributed by atoms with Gasteiger partial charge in [0.05, 0.1) is 12.8 Å². The fourth-order valence-corrected chi connectivity index (χ4v) is 2.75. The molecule has 0 spiro atoms. The fourth-order valence-electron chi connectivity index (χ4n) is 2.75. The molecule has 1 N–H and O–H groups in total. The summed E-state index contributed by atoms with van der Waals surface area (Å²) < 4.78 is 24.3. The summed E-state index contributed by atoms with van der Waals surface area (Å²) in [6, 6.07) is 23.3. The molecule has 138 valence electrons. The molecule has 0 unspecified atom stereocenters. The van der Waals surface area contributed by atoms with E-state index in [0.717, 1.165) is 11.1 Å². The van der Waals surface area contributed by atoms with Gasteiger partial charge in [-0.15, -0.1) is 0 Å². The Morgan fingerprint density at radius 2 is 1.56 bits per heavy atom. The van der Waals surface area contributed by atoms with Crippen LogP contribution >= 0.6 is 0 Å². The molecule has 0 saturated heterocycles. The van der Waals surface area contributed by atoms with Gasteiger partial charge in [-0.1, -0.05) is 60.7 Å². The second kappa shape index (κ2) is 8.96. The standard InChI is InChI=1S/C22H20FNO3/c1-26-20-14-18(23)12-13-19(20)24-21(25)15-27-22(16-8-4-2-5-9-16)17-10-6-3-7-11-17/h2-14,22H,15H2,1H3,(H,24,25). The quantitative estimate of drug-likeness (QED) is 0.667. The first-order valence-electron chi connectivity index (χ1n) is 8.52. The van der Waals surface area contributed by atoms with E-state index in [0.29, 0.717) is 5.69 Å². The Hall–Kier alpha value is -3.18. The van der Waals surface area contributed by atoms with Crippen LogP contribution in [0.1, 0.15) is 17.2 Å². The molecule has 4 nitrogen and oxygen atoms in total. The van der Waals surface area contributed by atoms with Crippen molar-refractivity contribution in [3.8, 4) is 5.75 Å². The number of benzene rings is 3. The zero-order valence-corrected chi connectivity index (χ0v) is 14.9. The van der Waals surface area contributed by atoms with Crippen molar-refractivity contribution in [3.05, 3.63) is 95.8 Å². The number of amides is 1. The monoisotopic (exact) mass is 365 g/mol. The first-order valence-corrected chi connectivity index (χ1v) is 8.52. The van der Waals surface area contributed by atoms with Crippen molar-refractivity contribution < 1.29 is 18.7 Å². The topological polar surface area (TPSA) is 47.6 Å². The van der Waals surface area contributed by atoms with Crippen LogP contribution in [-0.4, -0.2) is 19.6 Å². The van der Waals surface area contributed by atoms with E-state index >= 15 is 0 Å². The summed E-state index contributed by atoms with van der Waals surface area (Å²) in [6.45, 7) is -0.158. The lowest BCUT2D eigenvalue weighted by molar-refractivity contribution is -0.121. The number of hydrogen-bond donors (Lipinski definition) is 1. The molecule has 0 aromatic heterocycles. The summed E-state index contributed by atoms with van der Waals surface area (Å²) in [5, 5.41) is 2.69. The average Bonchev–Trinajstić information content (AvgIpc) is 2.71. The lowest BCUT2D eigenvalue weighted by Crippen LogP contribution is -2.21. The highest BCUT2D eigenvalue weighted by atomic mass is 19.1. The molecule has 3 aromatic carbocycles. The summed E-state index contributed by atoms with van der Waals surface area (Å²) in [5.74, 6) is -0.530. The van der Waals surface area contributed by atoms with E-state index in [9.17, 15) is 9.18 Å². The SMILES string of the molecule is COc1cc(F)ccc1NC(=O)COC(c1ccccc1)c1ccccc1. The van der Waals surface area contributed by atoms with Gasteiger partial charge in [-0.2, -0.15) is 0 Å². The maximum atomic E-state index is 13.3. The number of ether oxygens (including phenoxy) is 2.